The highest BCUT2D eigenvalue weighted by molar-refractivity contribution is 8.00. The van der Waals surface area contributed by atoms with E-state index in [2.05, 4.69) is 11.8 Å². The Bertz CT molecular complexity index is 428. The van der Waals surface area contributed by atoms with E-state index >= 15 is 0 Å². The summed E-state index contributed by atoms with van der Waals surface area (Å²) < 4.78 is 19.2. The number of thioether (sulfide) groups is 1. The van der Waals surface area contributed by atoms with Crippen molar-refractivity contribution in [3.8, 4) is 5.75 Å². The average molecular weight is 270 g/mol. The van der Waals surface area contributed by atoms with E-state index in [1.54, 1.807) is 13.2 Å². The summed E-state index contributed by atoms with van der Waals surface area (Å²) in [6, 6.07) is 3.05. The third-order valence-corrected chi connectivity index (χ3v) is 4.61. The van der Waals surface area contributed by atoms with Gasteiger partial charge in [-0.05, 0) is 6.42 Å². The minimum Gasteiger partial charge on any atom is -0.495 e. The number of methoxy groups -OCH3 is 1. The van der Waals surface area contributed by atoms with E-state index in [9.17, 15) is 4.39 Å². The number of nitrogens with zero attached hydrogens (tertiary/aromatic N) is 1. The number of halogens is 1. The fraction of sp³-hybridized carbons (Fsp3) is 0.538. The van der Waals surface area contributed by atoms with Gasteiger partial charge in [-0.1, -0.05) is 6.92 Å². The Hall–Kier alpha value is -1.10. The normalized spacial score (nSPS) is 19.9. The number of benzene rings is 1. The Morgan fingerprint density at radius 1 is 1.56 bits per heavy atom. The highest BCUT2D eigenvalue weighted by Crippen LogP contribution is 2.33. The summed E-state index contributed by atoms with van der Waals surface area (Å²) in [6.07, 6.45) is 1.11. The van der Waals surface area contributed by atoms with Crippen molar-refractivity contribution in [2.24, 2.45) is 0 Å². The predicted molar refractivity (Wildman–Crippen MR) is 76.1 cm³/mol. The molecule has 1 heterocycles. The van der Waals surface area contributed by atoms with E-state index in [4.69, 9.17) is 10.5 Å². The van der Waals surface area contributed by atoms with Crippen LogP contribution in [0.25, 0.3) is 0 Å². The van der Waals surface area contributed by atoms with Crippen LogP contribution in [-0.4, -0.2) is 31.2 Å². The molecule has 1 fully saturated rings. The lowest BCUT2D eigenvalue weighted by atomic mass is 10.2. The van der Waals surface area contributed by atoms with Crippen molar-refractivity contribution in [2.75, 3.05) is 36.6 Å². The molecule has 0 bridgehead atoms. The lowest BCUT2D eigenvalue weighted by Gasteiger charge is -2.34. The molecule has 0 aromatic heterocycles. The first kappa shape index (κ1) is 13.3. The third-order valence-electron chi connectivity index (χ3n) is 3.23. The summed E-state index contributed by atoms with van der Waals surface area (Å²) in [7, 11) is 1.55. The maximum absolute atomic E-state index is 14.0. The van der Waals surface area contributed by atoms with Crippen LogP contribution in [0.5, 0.6) is 5.75 Å². The molecular weight excluding hydrogens is 251 g/mol. The number of anilines is 2. The summed E-state index contributed by atoms with van der Waals surface area (Å²) in [5.41, 5.74) is 6.64. The van der Waals surface area contributed by atoms with Crippen LogP contribution in [0.1, 0.15) is 13.3 Å². The molecule has 1 atom stereocenters. The molecule has 5 heteroatoms. The zero-order valence-electron chi connectivity index (χ0n) is 10.8. The Labute approximate surface area is 111 Å². The molecule has 0 radical (unpaired) electrons. The summed E-state index contributed by atoms with van der Waals surface area (Å²) in [5.74, 6) is 1.30. The van der Waals surface area contributed by atoms with Gasteiger partial charge in [-0.2, -0.15) is 11.8 Å². The molecule has 0 saturated carbocycles. The van der Waals surface area contributed by atoms with Crippen molar-refractivity contribution in [3.05, 3.63) is 17.9 Å². The molecule has 1 aromatic rings. The van der Waals surface area contributed by atoms with Crippen molar-refractivity contribution < 1.29 is 9.13 Å². The summed E-state index contributed by atoms with van der Waals surface area (Å²) in [4.78, 5) is 2.09. The van der Waals surface area contributed by atoms with Gasteiger partial charge < -0.3 is 15.4 Å². The van der Waals surface area contributed by atoms with Crippen LogP contribution in [-0.2, 0) is 0 Å². The molecule has 100 valence electrons. The van der Waals surface area contributed by atoms with Gasteiger partial charge in [-0.3, -0.25) is 0 Å². The standard InChI is InChI=1S/C13H19FN2OS/c1-3-9-8-16(4-5-18-9)12-7-13(17-2)11(15)6-10(12)14/h6-7,9H,3-5,8,15H2,1-2H3. The van der Waals surface area contributed by atoms with E-state index in [1.165, 1.54) is 6.07 Å². The van der Waals surface area contributed by atoms with Crippen LogP contribution in [0, 0.1) is 5.82 Å². The topological polar surface area (TPSA) is 38.5 Å². The predicted octanol–water partition coefficient (Wildman–Crippen LogP) is 2.75. The summed E-state index contributed by atoms with van der Waals surface area (Å²) in [6.45, 7) is 3.91. The van der Waals surface area contributed by atoms with Crippen LogP contribution in [0.3, 0.4) is 0 Å². The molecule has 2 N–H and O–H groups in total. The maximum Gasteiger partial charge on any atom is 0.148 e. The SMILES string of the molecule is CCC1CN(c2cc(OC)c(N)cc2F)CCS1. The van der Waals surface area contributed by atoms with Crippen LogP contribution >= 0.6 is 11.8 Å². The second kappa shape index (κ2) is 5.69. The lowest BCUT2D eigenvalue weighted by Crippen LogP contribution is -2.38. The van der Waals surface area contributed by atoms with Gasteiger partial charge >= 0.3 is 0 Å². The molecule has 2 rings (SSSR count). The van der Waals surface area contributed by atoms with Gasteiger partial charge in [-0.15, -0.1) is 0 Å². The highest BCUT2D eigenvalue weighted by Gasteiger charge is 2.22. The average Bonchev–Trinajstić information content (AvgIpc) is 2.39. The van der Waals surface area contributed by atoms with Crippen LogP contribution in [0.4, 0.5) is 15.8 Å². The van der Waals surface area contributed by atoms with Gasteiger partial charge in [0.2, 0.25) is 0 Å². The Morgan fingerprint density at radius 3 is 3.00 bits per heavy atom. The number of hydrogen-bond acceptors (Lipinski definition) is 4. The second-order valence-corrected chi connectivity index (χ2v) is 5.80. The zero-order valence-corrected chi connectivity index (χ0v) is 11.6. The molecule has 1 aliphatic rings. The van der Waals surface area contributed by atoms with Crippen molar-refractivity contribution in [1.82, 2.24) is 0 Å². The van der Waals surface area contributed by atoms with Gasteiger partial charge in [0.25, 0.3) is 0 Å². The largest absolute Gasteiger partial charge is 0.495 e. The van der Waals surface area contributed by atoms with Crippen LogP contribution in [0.15, 0.2) is 12.1 Å². The van der Waals surface area contributed by atoms with Gasteiger partial charge in [-0.25, -0.2) is 4.39 Å². The van der Waals surface area contributed by atoms with Crippen molar-refractivity contribution in [3.63, 3.8) is 0 Å². The van der Waals surface area contributed by atoms with Gasteiger partial charge in [0.1, 0.15) is 11.6 Å². The minimum atomic E-state index is -0.268. The molecule has 3 nitrogen and oxygen atoms in total. The molecule has 1 aliphatic heterocycles. The first-order chi connectivity index (χ1) is 8.65. The van der Waals surface area contributed by atoms with E-state index < -0.39 is 0 Å². The molecule has 0 amide bonds. The highest BCUT2D eigenvalue weighted by atomic mass is 32.2. The molecule has 1 aromatic carbocycles. The summed E-state index contributed by atoms with van der Waals surface area (Å²) >= 11 is 1.96. The fourth-order valence-electron chi connectivity index (χ4n) is 2.16. The molecular formula is C13H19FN2OS. The summed E-state index contributed by atoms with van der Waals surface area (Å²) in [5, 5.41) is 0.571. The van der Waals surface area contributed by atoms with Crippen LogP contribution in [0.2, 0.25) is 0 Å². The van der Waals surface area contributed by atoms with Crippen LogP contribution < -0.4 is 15.4 Å². The van der Waals surface area contributed by atoms with Gasteiger partial charge in [0.15, 0.2) is 0 Å². The number of nitrogen functional groups attached to an aromatic ring is 1. The second-order valence-electron chi connectivity index (χ2n) is 4.39. The number of nitrogens with two attached hydrogens (primary N) is 1. The van der Waals surface area contributed by atoms with E-state index in [1.807, 2.05) is 11.8 Å². The van der Waals surface area contributed by atoms with Gasteiger partial charge in [0.05, 0.1) is 18.5 Å². The third kappa shape index (κ3) is 2.66. The fourth-order valence-corrected chi connectivity index (χ4v) is 3.34. The maximum atomic E-state index is 14.0. The van der Waals surface area contributed by atoms with Crippen molar-refractivity contribution in [2.45, 2.75) is 18.6 Å². The minimum absolute atomic E-state index is 0.268. The molecule has 0 aliphatic carbocycles. The lowest BCUT2D eigenvalue weighted by molar-refractivity contribution is 0.416. The Morgan fingerprint density at radius 2 is 2.33 bits per heavy atom. The number of rotatable bonds is 3. The molecule has 0 spiro atoms. The quantitative estimate of drug-likeness (QED) is 0.857. The Kier molecular flexibility index (Phi) is 4.22. The zero-order chi connectivity index (χ0) is 13.1. The monoisotopic (exact) mass is 270 g/mol. The van der Waals surface area contributed by atoms with Crippen molar-refractivity contribution in [1.29, 1.82) is 0 Å². The first-order valence-electron chi connectivity index (χ1n) is 6.15. The Balaban J connectivity index is 2.26. The molecule has 1 unspecified atom stereocenters. The van der Waals surface area contributed by atoms with E-state index in [0.29, 0.717) is 22.4 Å². The van der Waals surface area contributed by atoms with Crippen molar-refractivity contribution >= 4 is 23.1 Å². The van der Waals surface area contributed by atoms with E-state index in [0.717, 1.165) is 25.3 Å². The smallest absolute Gasteiger partial charge is 0.148 e. The van der Waals surface area contributed by atoms with Gasteiger partial charge in [0, 0.05) is 36.2 Å². The first-order valence-corrected chi connectivity index (χ1v) is 7.20. The molecule has 18 heavy (non-hydrogen) atoms. The number of hydrogen-bond donors (Lipinski definition) is 1. The number of ether oxygens (including phenoxy) is 1. The molecule has 1 saturated heterocycles. The van der Waals surface area contributed by atoms with E-state index in [-0.39, 0.29) is 5.82 Å².